The van der Waals surface area contributed by atoms with Gasteiger partial charge in [0.25, 0.3) is 11.2 Å². The van der Waals surface area contributed by atoms with Crippen LogP contribution in [0.25, 0.3) is 22.3 Å². The second-order valence-electron chi connectivity index (χ2n) is 9.81. The van der Waals surface area contributed by atoms with Gasteiger partial charge in [-0.1, -0.05) is 42.5 Å². The lowest BCUT2D eigenvalue weighted by molar-refractivity contribution is -0.384. The van der Waals surface area contributed by atoms with Crippen molar-refractivity contribution >= 4 is 22.8 Å². The monoisotopic (exact) mass is 614 g/mol. The number of ether oxygens (including phenoxy) is 2. The van der Waals surface area contributed by atoms with Crippen molar-refractivity contribution in [1.29, 1.82) is 0 Å². The van der Waals surface area contributed by atoms with Crippen molar-refractivity contribution in [2.75, 3.05) is 7.11 Å². The quantitative estimate of drug-likeness (QED) is 0.0713. The summed E-state index contributed by atoms with van der Waals surface area (Å²) in [6, 6.07) is 20.4. The van der Waals surface area contributed by atoms with Gasteiger partial charge in [-0.25, -0.2) is 4.98 Å². The van der Waals surface area contributed by atoms with Gasteiger partial charge in [-0.05, 0) is 53.9 Å². The zero-order valence-electron chi connectivity index (χ0n) is 23.8. The first-order valence-corrected chi connectivity index (χ1v) is 13.5. The number of aromatic nitrogens is 2. The molecule has 0 amide bonds. The van der Waals surface area contributed by atoms with Gasteiger partial charge < -0.3 is 9.47 Å². The van der Waals surface area contributed by atoms with Gasteiger partial charge in [0, 0.05) is 23.3 Å². The second kappa shape index (κ2) is 12.8. The smallest absolute Gasteiger partial charge is 0.416 e. The Hall–Kier alpha value is -5.78. The van der Waals surface area contributed by atoms with E-state index in [0.29, 0.717) is 40.1 Å². The van der Waals surface area contributed by atoms with Gasteiger partial charge in [0.1, 0.15) is 6.61 Å². The Morgan fingerprint density at radius 1 is 1.04 bits per heavy atom. The number of nitrogens with zero attached hydrogens (tertiary/aromatic N) is 4. The van der Waals surface area contributed by atoms with Crippen LogP contribution in [-0.4, -0.2) is 27.9 Å². The fourth-order valence-corrected chi connectivity index (χ4v) is 4.67. The first-order chi connectivity index (χ1) is 21.6. The Balaban J connectivity index is 1.57. The van der Waals surface area contributed by atoms with Gasteiger partial charge in [-0.15, -0.1) is 6.58 Å². The highest BCUT2D eigenvalue weighted by Crippen LogP contribution is 2.35. The molecule has 5 rings (SSSR count). The first-order valence-electron chi connectivity index (χ1n) is 13.5. The average Bonchev–Trinajstić information content (AvgIpc) is 3.03. The van der Waals surface area contributed by atoms with Gasteiger partial charge in [-0.2, -0.15) is 22.9 Å². The second-order valence-corrected chi connectivity index (χ2v) is 9.81. The molecular formula is C33H25F3N4O5. The summed E-state index contributed by atoms with van der Waals surface area (Å²) in [7, 11) is 1.44. The standard InChI is InChI=1S/C33H25F3N4O5/c1-3-8-23-15-22(17-29(44-2)30(23)45-20-21-9-6-12-26(16-21)40(42)43)19-37-39-31(24-10-7-11-25(18-24)33(34,35)36)38-28-14-5-4-13-27(28)32(39)41/h3-7,9-19H,1,8,20H2,2H3. The number of hydrogen-bond donors (Lipinski definition) is 0. The molecule has 45 heavy (non-hydrogen) atoms. The largest absolute Gasteiger partial charge is 0.493 e. The van der Waals surface area contributed by atoms with Crippen LogP contribution in [0.1, 0.15) is 22.3 Å². The predicted octanol–water partition coefficient (Wildman–Crippen LogP) is 7.19. The van der Waals surface area contributed by atoms with Gasteiger partial charge in [0.2, 0.25) is 0 Å². The lowest BCUT2D eigenvalue weighted by Crippen LogP contribution is -2.20. The van der Waals surface area contributed by atoms with Crippen LogP contribution in [0.5, 0.6) is 11.5 Å². The van der Waals surface area contributed by atoms with Crippen LogP contribution in [0.4, 0.5) is 18.9 Å². The molecule has 12 heteroatoms. The molecule has 0 unspecified atom stereocenters. The molecule has 4 aromatic carbocycles. The highest BCUT2D eigenvalue weighted by Gasteiger charge is 2.31. The van der Waals surface area contributed by atoms with Crippen molar-refractivity contribution < 1.29 is 27.6 Å². The number of nitro groups is 1. The molecule has 5 aromatic rings. The minimum Gasteiger partial charge on any atom is -0.493 e. The summed E-state index contributed by atoms with van der Waals surface area (Å²) in [5.41, 5.74) is 0.550. The predicted molar refractivity (Wildman–Crippen MR) is 164 cm³/mol. The van der Waals surface area contributed by atoms with E-state index in [9.17, 15) is 28.1 Å². The average molecular weight is 615 g/mol. The third-order valence-corrected chi connectivity index (χ3v) is 6.77. The van der Waals surface area contributed by atoms with E-state index < -0.39 is 22.2 Å². The van der Waals surface area contributed by atoms with E-state index in [1.54, 1.807) is 54.6 Å². The molecule has 0 spiro atoms. The van der Waals surface area contributed by atoms with Crippen LogP contribution in [0.3, 0.4) is 0 Å². The molecule has 0 radical (unpaired) electrons. The van der Waals surface area contributed by atoms with Crippen molar-refractivity contribution in [3.63, 3.8) is 0 Å². The molecule has 0 aliphatic heterocycles. The number of nitro benzene ring substituents is 1. The number of alkyl halides is 3. The number of para-hydroxylation sites is 1. The van der Waals surface area contributed by atoms with Gasteiger partial charge in [-0.3, -0.25) is 14.9 Å². The summed E-state index contributed by atoms with van der Waals surface area (Å²) in [6.45, 7) is 3.82. The van der Waals surface area contributed by atoms with Crippen LogP contribution >= 0.6 is 0 Å². The Bertz CT molecular complexity index is 2000. The molecule has 0 N–H and O–H groups in total. The van der Waals surface area contributed by atoms with Crippen LogP contribution in [-0.2, 0) is 19.2 Å². The topological polar surface area (TPSA) is 109 Å². The van der Waals surface area contributed by atoms with E-state index in [-0.39, 0.29) is 29.1 Å². The number of fused-ring (bicyclic) bond motifs is 1. The molecule has 0 bridgehead atoms. The Morgan fingerprint density at radius 3 is 2.56 bits per heavy atom. The van der Waals surface area contributed by atoms with Gasteiger partial charge in [0.15, 0.2) is 17.3 Å². The molecule has 0 fully saturated rings. The summed E-state index contributed by atoms with van der Waals surface area (Å²) in [6.07, 6.45) is -1.22. The van der Waals surface area contributed by atoms with Crippen LogP contribution in [0.15, 0.2) is 107 Å². The zero-order valence-corrected chi connectivity index (χ0v) is 23.8. The third kappa shape index (κ3) is 6.74. The summed E-state index contributed by atoms with van der Waals surface area (Å²) < 4.78 is 53.1. The van der Waals surface area contributed by atoms with Crippen LogP contribution in [0, 0.1) is 10.1 Å². The Kier molecular flexibility index (Phi) is 8.75. The van der Waals surface area contributed by atoms with Crippen LogP contribution < -0.4 is 15.0 Å². The van der Waals surface area contributed by atoms with E-state index in [0.717, 1.165) is 16.8 Å². The number of methoxy groups -OCH3 is 1. The number of benzene rings is 4. The number of hydrogen-bond acceptors (Lipinski definition) is 7. The lowest BCUT2D eigenvalue weighted by Gasteiger charge is -2.16. The fraction of sp³-hybridized carbons (Fsp3) is 0.121. The SMILES string of the molecule is C=CCc1cc(C=Nn2c(-c3cccc(C(F)(F)F)c3)nc3ccccc3c2=O)cc(OC)c1OCc1cccc([N+](=O)[O-])c1. The van der Waals surface area contributed by atoms with Crippen molar-refractivity contribution in [2.24, 2.45) is 5.10 Å². The maximum atomic E-state index is 13.5. The summed E-state index contributed by atoms with van der Waals surface area (Å²) in [5, 5.41) is 15.8. The minimum absolute atomic E-state index is 0.0219. The van der Waals surface area contributed by atoms with E-state index in [1.165, 1.54) is 37.6 Å². The lowest BCUT2D eigenvalue weighted by atomic mass is 10.1. The van der Waals surface area contributed by atoms with Crippen molar-refractivity contribution in [1.82, 2.24) is 9.66 Å². The molecule has 1 aromatic heterocycles. The molecule has 228 valence electrons. The minimum atomic E-state index is -4.60. The van der Waals surface area contributed by atoms with Crippen molar-refractivity contribution in [3.8, 4) is 22.9 Å². The number of rotatable bonds is 10. The molecule has 0 saturated carbocycles. The van der Waals surface area contributed by atoms with Gasteiger partial charge >= 0.3 is 6.18 Å². The number of non-ortho nitro benzene ring substituents is 1. The van der Waals surface area contributed by atoms with E-state index >= 15 is 0 Å². The summed E-state index contributed by atoms with van der Waals surface area (Å²) >= 11 is 0. The maximum Gasteiger partial charge on any atom is 0.416 e. The Morgan fingerprint density at radius 2 is 1.82 bits per heavy atom. The number of halogens is 3. The van der Waals surface area contributed by atoms with E-state index in [2.05, 4.69) is 16.7 Å². The summed E-state index contributed by atoms with van der Waals surface area (Å²) in [5.74, 6) is 0.634. The molecule has 0 atom stereocenters. The first kappa shape index (κ1) is 30.7. The highest BCUT2D eigenvalue weighted by molar-refractivity contribution is 5.83. The molecule has 0 saturated heterocycles. The highest BCUT2D eigenvalue weighted by atomic mass is 19.4. The third-order valence-electron chi connectivity index (χ3n) is 6.77. The van der Waals surface area contributed by atoms with Crippen molar-refractivity contribution in [3.05, 3.63) is 140 Å². The number of allylic oxidation sites excluding steroid dienone is 1. The zero-order chi connectivity index (χ0) is 32.1. The molecule has 9 nitrogen and oxygen atoms in total. The molecular weight excluding hydrogens is 589 g/mol. The summed E-state index contributed by atoms with van der Waals surface area (Å²) in [4.78, 5) is 28.7. The van der Waals surface area contributed by atoms with E-state index in [4.69, 9.17) is 9.47 Å². The fourth-order valence-electron chi connectivity index (χ4n) is 4.67. The molecule has 0 aliphatic carbocycles. The maximum absolute atomic E-state index is 13.5. The Labute approximate surface area is 254 Å². The van der Waals surface area contributed by atoms with Crippen LogP contribution in [0.2, 0.25) is 0 Å². The molecule has 1 heterocycles. The molecule has 0 aliphatic rings. The van der Waals surface area contributed by atoms with Crippen molar-refractivity contribution in [2.45, 2.75) is 19.2 Å². The van der Waals surface area contributed by atoms with E-state index in [1.807, 2.05) is 0 Å². The van der Waals surface area contributed by atoms with Gasteiger partial charge in [0.05, 0.1) is 34.7 Å². The normalized spacial score (nSPS) is 11.6.